The van der Waals surface area contributed by atoms with Crippen LogP contribution in [-0.4, -0.2) is 34.2 Å². The molecule has 4 rings (SSSR count). The first kappa shape index (κ1) is 21.9. The van der Waals surface area contributed by atoms with Crippen LogP contribution in [0.4, 0.5) is 5.13 Å². The third kappa shape index (κ3) is 4.62. The van der Waals surface area contributed by atoms with Crippen LogP contribution in [0.1, 0.15) is 57.5 Å². The molecule has 2 heterocycles. The van der Waals surface area contributed by atoms with Crippen molar-refractivity contribution in [2.45, 2.75) is 39.5 Å². The Kier molecular flexibility index (Phi) is 6.46. The summed E-state index contributed by atoms with van der Waals surface area (Å²) in [4.78, 5) is 42.9. The molecule has 1 aromatic heterocycles. The van der Waals surface area contributed by atoms with Gasteiger partial charge >= 0.3 is 0 Å². The number of hydrogen-bond acceptors (Lipinski definition) is 5. The standard InChI is InChI=1S/C25H25N3O3S/c1-16-11-12-17(2)20(14-16)21-15-32-25(26-21)27-22(29)10-4-3-7-13-28-23(30)18-8-5-6-9-19(18)24(28)31/h5-6,8-9,11-12,14-15H,3-4,7,10,13H2,1-2H3,(H,26,27,29). The van der Waals surface area contributed by atoms with Gasteiger partial charge < -0.3 is 5.32 Å². The van der Waals surface area contributed by atoms with Crippen molar-refractivity contribution < 1.29 is 14.4 Å². The summed E-state index contributed by atoms with van der Waals surface area (Å²) < 4.78 is 0. The molecule has 0 spiro atoms. The predicted octanol–water partition coefficient (Wildman–Crippen LogP) is 5.22. The van der Waals surface area contributed by atoms with Crippen LogP contribution in [0, 0.1) is 13.8 Å². The van der Waals surface area contributed by atoms with E-state index in [1.165, 1.54) is 21.8 Å². The summed E-state index contributed by atoms with van der Waals surface area (Å²) in [6.07, 6.45) is 2.49. The molecule has 6 nitrogen and oxygen atoms in total. The number of benzene rings is 2. The Morgan fingerprint density at radius 1 is 0.969 bits per heavy atom. The van der Waals surface area contributed by atoms with E-state index < -0.39 is 0 Å². The zero-order chi connectivity index (χ0) is 22.7. The molecular formula is C25H25N3O3S. The summed E-state index contributed by atoms with van der Waals surface area (Å²) in [5.74, 6) is -0.536. The molecule has 1 N–H and O–H groups in total. The van der Waals surface area contributed by atoms with Gasteiger partial charge in [0.25, 0.3) is 11.8 Å². The number of carbonyl (C=O) groups is 3. The van der Waals surface area contributed by atoms with Crippen molar-refractivity contribution in [2.24, 2.45) is 0 Å². The lowest BCUT2D eigenvalue weighted by atomic mass is 10.0. The molecule has 7 heteroatoms. The van der Waals surface area contributed by atoms with E-state index in [0.29, 0.717) is 42.1 Å². The molecule has 2 aromatic carbocycles. The highest BCUT2D eigenvalue weighted by Crippen LogP contribution is 2.28. The fraction of sp³-hybridized carbons (Fsp3) is 0.280. The van der Waals surface area contributed by atoms with Gasteiger partial charge in [0.2, 0.25) is 5.91 Å². The van der Waals surface area contributed by atoms with Gasteiger partial charge in [-0.25, -0.2) is 4.98 Å². The van der Waals surface area contributed by atoms with E-state index in [-0.39, 0.29) is 17.7 Å². The van der Waals surface area contributed by atoms with Crippen LogP contribution in [0.25, 0.3) is 11.3 Å². The molecule has 0 aliphatic carbocycles. The Balaban J connectivity index is 1.21. The van der Waals surface area contributed by atoms with Crippen molar-refractivity contribution in [3.8, 4) is 11.3 Å². The largest absolute Gasteiger partial charge is 0.302 e. The van der Waals surface area contributed by atoms with Crippen molar-refractivity contribution in [1.82, 2.24) is 9.88 Å². The highest BCUT2D eigenvalue weighted by molar-refractivity contribution is 7.14. The maximum absolute atomic E-state index is 12.4. The van der Waals surface area contributed by atoms with E-state index in [9.17, 15) is 14.4 Å². The Bertz CT molecular complexity index is 1150. The number of amides is 3. The number of nitrogens with zero attached hydrogens (tertiary/aromatic N) is 2. The third-order valence-electron chi connectivity index (χ3n) is 5.58. The van der Waals surface area contributed by atoms with E-state index in [2.05, 4.69) is 28.5 Å². The zero-order valence-electron chi connectivity index (χ0n) is 18.2. The minimum Gasteiger partial charge on any atom is -0.302 e. The molecule has 0 saturated carbocycles. The summed E-state index contributed by atoms with van der Waals surface area (Å²) in [5, 5.41) is 5.43. The van der Waals surface area contributed by atoms with Crippen LogP contribution < -0.4 is 5.32 Å². The maximum atomic E-state index is 12.4. The average Bonchev–Trinajstić information content (AvgIpc) is 3.33. The number of aryl methyl sites for hydroxylation is 2. The van der Waals surface area contributed by atoms with Crippen molar-refractivity contribution in [3.63, 3.8) is 0 Å². The molecule has 0 radical (unpaired) electrons. The molecule has 0 fully saturated rings. The van der Waals surface area contributed by atoms with Crippen LogP contribution in [0.15, 0.2) is 47.8 Å². The monoisotopic (exact) mass is 447 g/mol. The fourth-order valence-electron chi connectivity index (χ4n) is 3.82. The quantitative estimate of drug-likeness (QED) is 0.379. The van der Waals surface area contributed by atoms with Gasteiger partial charge in [-0.2, -0.15) is 0 Å². The highest BCUT2D eigenvalue weighted by Gasteiger charge is 2.34. The molecular weight excluding hydrogens is 422 g/mol. The number of hydrogen-bond donors (Lipinski definition) is 1. The minimum atomic E-state index is -0.230. The molecule has 164 valence electrons. The second-order valence-corrected chi connectivity index (χ2v) is 8.88. The van der Waals surface area contributed by atoms with E-state index >= 15 is 0 Å². The number of anilines is 1. The zero-order valence-corrected chi connectivity index (χ0v) is 19.0. The van der Waals surface area contributed by atoms with E-state index in [0.717, 1.165) is 23.2 Å². The Morgan fingerprint density at radius 2 is 1.69 bits per heavy atom. The molecule has 3 aromatic rings. The Morgan fingerprint density at radius 3 is 2.41 bits per heavy atom. The second kappa shape index (κ2) is 9.44. The lowest BCUT2D eigenvalue weighted by Crippen LogP contribution is -2.30. The molecule has 32 heavy (non-hydrogen) atoms. The van der Waals surface area contributed by atoms with Gasteiger partial charge in [0, 0.05) is 23.9 Å². The number of imide groups is 1. The second-order valence-electron chi connectivity index (χ2n) is 8.02. The fourth-order valence-corrected chi connectivity index (χ4v) is 4.55. The number of nitrogens with one attached hydrogen (secondary N) is 1. The Hall–Kier alpha value is -3.32. The first-order valence-electron chi connectivity index (χ1n) is 10.7. The van der Waals surface area contributed by atoms with Crippen LogP contribution in [-0.2, 0) is 4.79 Å². The predicted molar refractivity (Wildman–Crippen MR) is 126 cm³/mol. The summed E-state index contributed by atoms with van der Waals surface area (Å²) >= 11 is 1.42. The van der Waals surface area contributed by atoms with E-state index in [4.69, 9.17) is 0 Å². The SMILES string of the molecule is Cc1ccc(C)c(-c2csc(NC(=O)CCCCCN3C(=O)c4ccccc4C3=O)n2)c1. The van der Waals surface area contributed by atoms with Gasteiger partial charge in [0.05, 0.1) is 16.8 Å². The van der Waals surface area contributed by atoms with E-state index in [1.54, 1.807) is 24.3 Å². The van der Waals surface area contributed by atoms with Gasteiger partial charge in [-0.15, -0.1) is 11.3 Å². The molecule has 1 aliphatic rings. The number of aromatic nitrogens is 1. The first-order valence-corrected chi connectivity index (χ1v) is 11.6. The third-order valence-corrected chi connectivity index (χ3v) is 6.34. The molecule has 3 amide bonds. The number of fused-ring (bicyclic) bond motifs is 1. The van der Waals surface area contributed by atoms with Crippen molar-refractivity contribution >= 4 is 34.2 Å². The molecule has 1 aliphatic heterocycles. The molecule has 0 saturated heterocycles. The first-order chi connectivity index (χ1) is 15.4. The summed E-state index contributed by atoms with van der Waals surface area (Å²) in [6.45, 7) is 4.47. The van der Waals surface area contributed by atoms with Crippen LogP contribution in [0.5, 0.6) is 0 Å². The summed E-state index contributed by atoms with van der Waals surface area (Å²) in [5.41, 5.74) is 5.21. The molecule has 0 bridgehead atoms. The molecule has 0 atom stereocenters. The smallest absolute Gasteiger partial charge is 0.261 e. The average molecular weight is 448 g/mol. The van der Waals surface area contributed by atoms with Crippen LogP contribution in [0.2, 0.25) is 0 Å². The van der Waals surface area contributed by atoms with Crippen molar-refractivity contribution in [2.75, 3.05) is 11.9 Å². The van der Waals surface area contributed by atoms with Gasteiger partial charge in [0.15, 0.2) is 5.13 Å². The van der Waals surface area contributed by atoms with Gasteiger partial charge in [-0.3, -0.25) is 19.3 Å². The number of rotatable bonds is 8. The van der Waals surface area contributed by atoms with Crippen LogP contribution >= 0.6 is 11.3 Å². The van der Waals surface area contributed by atoms with Gasteiger partial charge in [-0.05, 0) is 50.5 Å². The summed E-state index contributed by atoms with van der Waals surface area (Å²) in [6, 6.07) is 13.1. The topological polar surface area (TPSA) is 79.4 Å². The van der Waals surface area contributed by atoms with Crippen molar-refractivity contribution in [3.05, 3.63) is 70.1 Å². The van der Waals surface area contributed by atoms with Gasteiger partial charge in [-0.1, -0.05) is 36.2 Å². The number of carbonyl (C=O) groups excluding carboxylic acids is 3. The van der Waals surface area contributed by atoms with E-state index in [1.807, 2.05) is 19.2 Å². The van der Waals surface area contributed by atoms with Crippen LogP contribution in [0.3, 0.4) is 0 Å². The maximum Gasteiger partial charge on any atom is 0.261 e. The summed E-state index contributed by atoms with van der Waals surface area (Å²) in [7, 11) is 0. The highest BCUT2D eigenvalue weighted by atomic mass is 32.1. The van der Waals surface area contributed by atoms with Gasteiger partial charge in [0.1, 0.15) is 0 Å². The normalized spacial score (nSPS) is 12.9. The molecule has 0 unspecified atom stereocenters. The lowest BCUT2D eigenvalue weighted by Gasteiger charge is -2.13. The minimum absolute atomic E-state index is 0.0763. The Labute approximate surface area is 191 Å². The number of unbranched alkanes of at least 4 members (excludes halogenated alkanes) is 2. The lowest BCUT2D eigenvalue weighted by molar-refractivity contribution is -0.116. The van der Waals surface area contributed by atoms with Crippen molar-refractivity contribution in [1.29, 1.82) is 0 Å². The number of thiazole rings is 1.